The molecular weight excluding hydrogens is 442 g/mol. The molecular formula is C26H27N7O2. The first kappa shape index (κ1) is 22.7. The summed E-state index contributed by atoms with van der Waals surface area (Å²) < 4.78 is 3.20. The number of aliphatic hydroxyl groups is 1. The number of nitrogens with one attached hydrogen (secondary N) is 1. The summed E-state index contributed by atoms with van der Waals surface area (Å²) in [6.45, 7) is 3.85. The number of piperazine rings is 1. The van der Waals surface area contributed by atoms with Crippen LogP contribution in [0, 0.1) is 12.3 Å². The van der Waals surface area contributed by atoms with E-state index in [0.29, 0.717) is 17.0 Å². The lowest BCUT2D eigenvalue weighted by Crippen LogP contribution is -2.44. The fraction of sp³-hybridized carbons (Fsp3) is 0.269. The zero-order valence-electron chi connectivity index (χ0n) is 19.6. The van der Waals surface area contributed by atoms with Gasteiger partial charge in [0, 0.05) is 49.3 Å². The molecule has 9 nitrogen and oxygen atoms in total. The number of para-hydroxylation sites is 1. The third-order valence-electron chi connectivity index (χ3n) is 6.27. The summed E-state index contributed by atoms with van der Waals surface area (Å²) in [4.78, 5) is 26.6. The average molecular weight is 470 g/mol. The smallest absolute Gasteiger partial charge is 0.279 e. The molecule has 0 radical (unpaired) electrons. The van der Waals surface area contributed by atoms with Crippen molar-refractivity contribution in [3.8, 4) is 18.0 Å². The van der Waals surface area contributed by atoms with E-state index >= 15 is 0 Å². The Bertz CT molecular complexity index is 1440. The second-order valence-electron chi connectivity index (χ2n) is 8.56. The van der Waals surface area contributed by atoms with Gasteiger partial charge >= 0.3 is 0 Å². The number of nitrogens with zero attached hydrogens (tertiary/aromatic N) is 6. The normalized spacial score (nSPS) is 14.3. The molecule has 9 heteroatoms. The van der Waals surface area contributed by atoms with Crippen LogP contribution in [0.2, 0.25) is 0 Å². The molecule has 2 N–H and O–H groups in total. The van der Waals surface area contributed by atoms with Crippen molar-refractivity contribution in [1.82, 2.24) is 24.2 Å². The first-order valence-corrected chi connectivity index (χ1v) is 11.5. The van der Waals surface area contributed by atoms with Crippen molar-refractivity contribution >= 4 is 28.4 Å². The topological polar surface area (TPSA) is 91.5 Å². The molecule has 5 rings (SSSR count). The predicted molar refractivity (Wildman–Crippen MR) is 137 cm³/mol. The number of likely N-dealkylation sites (N-methyl/N-ethyl adjacent to an activating group) is 1. The molecule has 1 saturated heterocycles. The standard InChI is InChI=1S/C26H27N7O2/c1-3-11-32-25(35)22-17-27-26(29-24(22)33(32)21-7-5-4-6-8-21)28-20-9-10-23(19(16-20)18-34)31-14-12-30(2)13-15-31/h1,4-10,16-17,34H,11-15,18H2,2H3,(H,27,28,29). The highest BCUT2D eigenvalue weighted by Gasteiger charge is 2.19. The Kier molecular flexibility index (Phi) is 6.23. The third-order valence-corrected chi connectivity index (χ3v) is 6.27. The second-order valence-corrected chi connectivity index (χ2v) is 8.56. The molecule has 0 unspecified atom stereocenters. The number of aliphatic hydroxyl groups excluding tert-OH is 1. The van der Waals surface area contributed by atoms with Gasteiger partial charge in [-0.2, -0.15) is 4.98 Å². The van der Waals surface area contributed by atoms with Gasteiger partial charge in [0.05, 0.1) is 12.3 Å². The lowest BCUT2D eigenvalue weighted by Gasteiger charge is -2.35. The van der Waals surface area contributed by atoms with Crippen LogP contribution >= 0.6 is 0 Å². The Morgan fingerprint density at radius 1 is 1.11 bits per heavy atom. The van der Waals surface area contributed by atoms with Gasteiger partial charge in [0.1, 0.15) is 11.9 Å². The fourth-order valence-electron chi connectivity index (χ4n) is 4.42. The minimum absolute atomic E-state index is 0.0699. The molecule has 0 amide bonds. The quantitative estimate of drug-likeness (QED) is 0.419. The van der Waals surface area contributed by atoms with Crippen LogP contribution in [0.25, 0.3) is 16.7 Å². The zero-order valence-corrected chi connectivity index (χ0v) is 19.6. The van der Waals surface area contributed by atoms with Crippen molar-refractivity contribution in [2.75, 3.05) is 43.4 Å². The number of anilines is 3. The molecule has 2 aromatic heterocycles. The molecule has 4 aromatic rings. The molecule has 0 atom stereocenters. The van der Waals surface area contributed by atoms with Gasteiger partial charge in [-0.15, -0.1) is 6.42 Å². The van der Waals surface area contributed by atoms with Crippen LogP contribution in [0.15, 0.2) is 59.5 Å². The molecule has 0 spiro atoms. The van der Waals surface area contributed by atoms with Crippen molar-refractivity contribution in [2.24, 2.45) is 0 Å². The van der Waals surface area contributed by atoms with Crippen LogP contribution < -0.4 is 15.8 Å². The van der Waals surface area contributed by atoms with Crippen LogP contribution in [-0.2, 0) is 13.2 Å². The van der Waals surface area contributed by atoms with Gasteiger partial charge in [-0.3, -0.25) is 4.79 Å². The van der Waals surface area contributed by atoms with Crippen molar-refractivity contribution in [2.45, 2.75) is 13.2 Å². The number of hydrogen-bond acceptors (Lipinski definition) is 7. The molecule has 1 aliphatic heterocycles. The van der Waals surface area contributed by atoms with E-state index < -0.39 is 0 Å². The lowest BCUT2D eigenvalue weighted by molar-refractivity contribution is 0.280. The van der Waals surface area contributed by atoms with E-state index in [1.807, 2.05) is 48.5 Å². The Balaban J connectivity index is 1.50. The van der Waals surface area contributed by atoms with Gasteiger partial charge in [0.2, 0.25) is 5.95 Å². The van der Waals surface area contributed by atoms with Gasteiger partial charge in [-0.25, -0.2) is 14.3 Å². The van der Waals surface area contributed by atoms with Gasteiger partial charge < -0.3 is 20.2 Å². The predicted octanol–water partition coefficient (Wildman–Crippen LogP) is 2.20. The summed E-state index contributed by atoms with van der Waals surface area (Å²) >= 11 is 0. The number of rotatable bonds is 6. The maximum Gasteiger partial charge on any atom is 0.279 e. The first-order valence-electron chi connectivity index (χ1n) is 11.5. The summed E-state index contributed by atoms with van der Waals surface area (Å²) in [5.74, 6) is 2.89. The maximum atomic E-state index is 13.0. The van der Waals surface area contributed by atoms with Gasteiger partial charge in [-0.1, -0.05) is 24.1 Å². The Morgan fingerprint density at radius 3 is 2.60 bits per heavy atom. The Labute approximate surface area is 203 Å². The third kappa shape index (κ3) is 4.37. The lowest BCUT2D eigenvalue weighted by atomic mass is 10.1. The van der Waals surface area contributed by atoms with Gasteiger partial charge in [0.25, 0.3) is 5.56 Å². The fourth-order valence-corrected chi connectivity index (χ4v) is 4.42. The molecule has 1 fully saturated rings. The molecule has 3 heterocycles. The van der Waals surface area contributed by atoms with E-state index in [1.165, 1.54) is 10.9 Å². The molecule has 2 aromatic carbocycles. The maximum absolute atomic E-state index is 13.0. The highest BCUT2D eigenvalue weighted by molar-refractivity contribution is 5.77. The summed E-state index contributed by atoms with van der Waals surface area (Å²) in [5.41, 5.74) is 3.62. The van der Waals surface area contributed by atoms with E-state index in [-0.39, 0.29) is 18.7 Å². The molecule has 0 saturated carbocycles. The van der Waals surface area contributed by atoms with Crippen molar-refractivity contribution in [1.29, 1.82) is 0 Å². The summed E-state index contributed by atoms with van der Waals surface area (Å²) in [6.07, 6.45) is 7.05. The zero-order chi connectivity index (χ0) is 24.4. The monoisotopic (exact) mass is 469 g/mol. The number of benzene rings is 2. The molecule has 0 aliphatic carbocycles. The molecule has 178 valence electrons. The highest BCUT2D eigenvalue weighted by atomic mass is 16.3. The van der Waals surface area contributed by atoms with Crippen LogP contribution in [0.5, 0.6) is 0 Å². The van der Waals surface area contributed by atoms with Crippen LogP contribution in [0.1, 0.15) is 5.56 Å². The van der Waals surface area contributed by atoms with E-state index in [0.717, 1.165) is 48.8 Å². The van der Waals surface area contributed by atoms with E-state index in [9.17, 15) is 9.90 Å². The second kappa shape index (κ2) is 9.62. The molecule has 35 heavy (non-hydrogen) atoms. The van der Waals surface area contributed by atoms with Crippen LogP contribution in [0.4, 0.5) is 17.3 Å². The van der Waals surface area contributed by atoms with E-state index in [1.54, 1.807) is 4.68 Å². The largest absolute Gasteiger partial charge is 0.392 e. The van der Waals surface area contributed by atoms with Gasteiger partial charge in [-0.05, 0) is 37.4 Å². The highest BCUT2D eigenvalue weighted by Crippen LogP contribution is 2.27. The van der Waals surface area contributed by atoms with Gasteiger partial charge in [0.15, 0.2) is 5.65 Å². The number of terminal acetylenes is 1. The first-order chi connectivity index (χ1) is 17.1. The number of aromatic nitrogens is 4. The van der Waals surface area contributed by atoms with Crippen molar-refractivity contribution < 1.29 is 5.11 Å². The summed E-state index contributed by atoms with van der Waals surface area (Å²) in [5, 5.41) is 13.6. The number of fused-ring (bicyclic) bond motifs is 1. The average Bonchev–Trinajstić information content (AvgIpc) is 3.16. The van der Waals surface area contributed by atoms with Crippen LogP contribution in [0.3, 0.4) is 0 Å². The van der Waals surface area contributed by atoms with E-state index in [2.05, 4.69) is 38.1 Å². The van der Waals surface area contributed by atoms with Crippen molar-refractivity contribution in [3.63, 3.8) is 0 Å². The minimum Gasteiger partial charge on any atom is -0.392 e. The SMILES string of the molecule is C#CCn1c(=O)c2cnc(Nc3ccc(N4CCN(C)CC4)c(CO)c3)nc2n1-c1ccccc1. The Morgan fingerprint density at radius 2 is 1.89 bits per heavy atom. The summed E-state index contributed by atoms with van der Waals surface area (Å²) in [7, 11) is 2.12. The van der Waals surface area contributed by atoms with E-state index in [4.69, 9.17) is 6.42 Å². The molecule has 0 bridgehead atoms. The number of hydrogen-bond donors (Lipinski definition) is 2. The van der Waals surface area contributed by atoms with Crippen molar-refractivity contribution in [3.05, 3.63) is 70.6 Å². The molecule has 1 aliphatic rings. The summed E-state index contributed by atoms with van der Waals surface area (Å²) in [6, 6.07) is 15.4. The van der Waals surface area contributed by atoms with Crippen LogP contribution in [-0.4, -0.2) is 62.6 Å². The Hall–Kier alpha value is -4.13. The minimum atomic E-state index is -0.243.